The summed E-state index contributed by atoms with van der Waals surface area (Å²) in [6.07, 6.45) is -5.57. The molecule has 272 valence electrons. The van der Waals surface area contributed by atoms with Gasteiger partial charge in [-0.05, 0) is 60.7 Å². The number of thiocarbonyl (C=S) groups is 1. The van der Waals surface area contributed by atoms with E-state index in [1.807, 2.05) is 5.38 Å². The second kappa shape index (κ2) is 19.5. The molecule has 0 radical (unpaired) electrons. The Morgan fingerprint density at radius 2 is 1.41 bits per heavy atom. The number of rotatable bonds is 8. The highest BCUT2D eigenvalue weighted by atomic mass is 79.9. The smallest absolute Gasteiger partial charge is 0.416 e. The Kier molecular flexibility index (Phi) is 16.2. The lowest BCUT2D eigenvalue weighted by molar-refractivity contribution is -0.138. The number of carbonyl (C=O) groups is 1. The lowest BCUT2D eigenvalue weighted by Gasteiger charge is -2.09. The number of hydrogen-bond acceptors (Lipinski definition) is 9. The second-order valence-corrected chi connectivity index (χ2v) is 11.4. The van der Waals surface area contributed by atoms with Crippen molar-refractivity contribution in [1.82, 2.24) is 15.0 Å². The topological polar surface area (TPSA) is 124 Å². The van der Waals surface area contributed by atoms with Crippen molar-refractivity contribution in [3.05, 3.63) is 107 Å². The van der Waals surface area contributed by atoms with Crippen molar-refractivity contribution in [3.8, 4) is 23.0 Å². The summed E-state index contributed by atoms with van der Waals surface area (Å²) in [4.78, 5) is 23.4. The Hall–Kier alpha value is -4.81. The number of methoxy groups -OCH3 is 2. The van der Waals surface area contributed by atoms with Crippen LogP contribution in [0, 0.1) is 0 Å². The van der Waals surface area contributed by atoms with Crippen molar-refractivity contribution < 1.29 is 40.6 Å². The summed E-state index contributed by atoms with van der Waals surface area (Å²) in [5.41, 5.74) is 6.36. The van der Waals surface area contributed by atoms with Crippen LogP contribution in [0.5, 0.6) is 11.8 Å². The summed E-state index contributed by atoms with van der Waals surface area (Å²) in [7, 11) is 3.04. The molecule has 0 saturated carbocycles. The molecular formula is C33H31BrF6N6O3S2. The van der Waals surface area contributed by atoms with Crippen LogP contribution >= 0.6 is 39.5 Å². The van der Waals surface area contributed by atoms with Crippen molar-refractivity contribution in [1.29, 1.82) is 0 Å². The van der Waals surface area contributed by atoms with E-state index >= 15 is 0 Å². The molecule has 0 aliphatic carbocycles. The van der Waals surface area contributed by atoms with Crippen molar-refractivity contribution in [2.24, 2.45) is 5.73 Å². The second-order valence-electron chi connectivity index (χ2n) is 9.54. The van der Waals surface area contributed by atoms with Crippen LogP contribution in [-0.4, -0.2) is 45.4 Å². The van der Waals surface area contributed by atoms with E-state index in [4.69, 9.17) is 15.2 Å². The van der Waals surface area contributed by atoms with Crippen LogP contribution in [0.1, 0.15) is 28.9 Å². The van der Waals surface area contributed by atoms with Crippen molar-refractivity contribution >= 4 is 66.9 Å². The number of nitrogens with two attached hydrogens (primary N) is 1. The molecule has 5 aromatic rings. The minimum atomic E-state index is -4.38. The third-order valence-corrected chi connectivity index (χ3v) is 7.40. The number of nitrogens with zero attached hydrogens (tertiary/aromatic N) is 3. The summed E-state index contributed by atoms with van der Waals surface area (Å²) in [5.74, 6) is 0.949. The number of halogens is 7. The largest absolute Gasteiger partial charge is 0.481 e. The maximum absolute atomic E-state index is 12.7. The van der Waals surface area contributed by atoms with Gasteiger partial charge in [-0.3, -0.25) is 4.79 Å². The lowest BCUT2D eigenvalue weighted by atomic mass is 10.2. The average molecular weight is 818 g/mol. The first kappa shape index (κ1) is 42.4. The highest BCUT2D eigenvalue weighted by Gasteiger charge is 2.31. The van der Waals surface area contributed by atoms with Gasteiger partial charge in [0, 0.05) is 52.4 Å². The molecule has 2 aromatic carbocycles. The molecule has 5 rings (SSSR count). The van der Waals surface area contributed by atoms with E-state index in [1.165, 1.54) is 43.8 Å². The minimum Gasteiger partial charge on any atom is -0.481 e. The van der Waals surface area contributed by atoms with E-state index in [1.54, 1.807) is 42.7 Å². The zero-order chi connectivity index (χ0) is 36.9. The lowest BCUT2D eigenvalue weighted by Crippen LogP contribution is -2.19. The third kappa shape index (κ3) is 13.8. The van der Waals surface area contributed by atoms with Gasteiger partial charge in [-0.15, -0.1) is 11.3 Å². The van der Waals surface area contributed by atoms with Gasteiger partial charge in [-0.1, -0.05) is 35.5 Å². The Morgan fingerprint density at radius 3 is 1.96 bits per heavy atom. The number of nitrogens with one attached hydrogen (secondary N) is 2. The Bertz CT molecular complexity index is 1890. The maximum atomic E-state index is 12.7. The van der Waals surface area contributed by atoms with Gasteiger partial charge in [-0.25, -0.2) is 15.0 Å². The van der Waals surface area contributed by atoms with Crippen molar-refractivity contribution in [2.75, 3.05) is 30.2 Å². The standard InChI is InChI=1S/C16H12F3N3OS.C8H8BrNO2.C8H7F3N2S.CH4/c1-23-14-7-10(5-6-20-14)13-9-24-15(22-13)21-12-4-2-3-11(8-12)16(17,18)19;1-12-8-4-6(2-3-10-8)7(11)5-9;9-8(10,11)5-2-1-3-6(4-5)13-7(12)14;/h2-9H,1H3,(H,21,22);2-4H,5H2,1H3;1-4H,(H3,12,13,14);1H4. The number of aromatic nitrogens is 3. The van der Waals surface area contributed by atoms with E-state index in [-0.39, 0.29) is 24.0 Å². The Morgan fingerprint density at radius 1 is 0.863 bits per heavy atom. The number of pyridine rings is 2. The van der Waals surface area contributed by atoms with Gasteiger partial charge in [0.15, 0.2) is 16.0 Å². The first-order valence-electron chi connectivity index (χ1n) is 13.9. The van der Waals surface area contributed by atoms with Crippen LogP contribution in [0.25, 0.3) is 11.3 Å². The molecule has 4 N–H and O–H groups in total. The predicted molar refractivity (Wildman–Crippen MR) is 194 cm³/mol. The molecular weight excluding hydrogens is 786 g/mol. The van der Waals surface area contributed by atoms with Crippen molar-refractivity contribution in [2.45, 2.75) is 19.8 Å². The number of thiazole rings is 1. The van der Waals surface area contributed by atoms with Gasteiger partial charge in [0.05, 0.1) is 36.4 Å². The van der Waals surface area contributed by atoms with Crippen LogP contribution in [0.2, 0.25) is 0 Å². The van der Waals surface area contributed by atoms with E-state index in [9.17, 15) is 31.1 Å². The first-order chi connectivity index (χ1) is 23.6. The molecule has 0 amide bonds. The summed E-state index contributed by atoms with van der Waals surface area (Å²) >= 11 is 8.89. The number of hydrogen-bond donors (Lipinski definition) is 3. The van der Waals surface area contributed by atoms with Gasteiger partial charge < -0.3 is 25.8 Å². The van der Waals surface area contributed by atoms with Crippen LogP contribution < -0.4 is 25.8 Å². The van der Waals surface area contributed by atoms with Crippen molar-refractivity contribution in [3.63, 3.8) is 0 Å². The number of Topliss-reactive ketones (excluding diaryl/α,β-unsaturated/α-hetero) is 1. The fourth-order valence-electron chi connectivity index (χ4n) is 3.73. The number of ether oxygens (including phenoxy) is 2. The molecule has 0 aliphatic heterocycles. The van der Waals surface area contributed by atoms with E-state index in [0.29, 0.717) is 39.2 Å². The molecule has 0 spiro atoms. The van der Waals surface area contributed by atoms with E-state index in [2.05, 4.69) is 53.7 Å². The Balaban J connectivity index is 0.000000286. The molecule has 0 fully saturated rings. The predicted octanol–water partition coefficient (Wildman–Crippen LogP) is 9.64. The average Bonchev–Trinajstić information content (AvgIpc) is 3.56. The monoisotopic (exact) mass is 816 g/mol. The van der Waals surface area contributed by atoms with E-state index in [0.717, 1.165) is 29.8 Å². The summed E-state index contributed by atoms with van der Waals surface area (Å²) in [6, 6.07) is 16.4. The van der Waals surface area contributed by atoms with Crippen LogP contribution in [-0.2, 0) is 12.4 Å². The Labute approximate surface area is 307 Å². The molecule has 0 bridgehead atoms. The van der Waals surface area contributed by atoms with Gasteiger partial charge >= 0.3 is 12.4 Å². The van der Waals surface area contributed by atoms with Crippen LogP contribution in [0.15, 0.2) is 90.6 Å². The molecule has 0 saturated heterocycles. The van der Waals surface area contributed by atoms with Gasteiger partial charge in [0.25, 0.3) is 0 Å². The summed E-state index contributed by atoms with van der Waals surface area (Å²) < 4.78 is 84.8. The number of benzene rings is 2. The molecule has 3 heterocycles. The minimum absolute atomic E-state index is 0. The van der Waals surface area contributed by atoms with Crippen LogP contribution in [0.3, 0.4) is 0 Å². The fourth-order valence-corrected chi connectivity index (χ4v) is 4.91. The quantitative estimate of drug-likeness (QED) is 0.0604. The zero-order valence-electron chi connectivity index (χ0n) is 26.0. The molecule has 0 atom stereocenters. The molecule has 0 aliphatic rings. The highest BCUT2D eigenvalue weighted by Crippen LogP contribution is 2.33. The van der Waals surface area contributed by atoms with Gasteiger partial charge in [-0.2, -0.15) is 26.3 Å². The number of ketones is 1. The summed E-state index contributed by atoms with van der Waals surface area (Å²) in [5, 5.41) is 7.89. The summed E-state index contributed by atoms with van der Waals surface area (Å²) in [6.45, 7) is 0. The molecule has 18 heteroatoms. The fraction of sp³-hybridized carbons (Fsp3) is 0.182. The molecule has 3 aromatic heterocycles. The molecule has 0 unspecified atom stereocenters. The van der Waals surface area contributed by atoms with Gasteiger partial charge in [0.1, 0.15) is 0 Å². The molecule has 51 heavy (non-hydrogen) atoms. The van der Waals surface area contributed by atoms with Crippen LogP contribution in [0.4, 0.5) is 42.8 Å². The number of carbonyl (C=O) groups excluding carboxylic acids is 1. The van der Waals surface area contributed by atoms with E-state index < -0.39 is 23.5 Å². The van der Waals surface area contributed by atoms with Gasteiger partial charge in [0.2, 0.25) is 11.8 Å². The number of alkyl halides is 7. The molecule has 9 nitrogen and oxygen atoms in total. The first-order valence-corrected chi connectivity index (χ1v) is 16.3. The highest BCUT2D eigenvalue weighted by molar-refractivity contribution is 9.09. The zero-order valence-corrected chi connectivity index (χ0v) is 29.2. The number of anilines is 3. The normalized spacial score (nSPS) is 10.6. The third-order valence-electron chi connectivity index (χ3n) is 6.03. The maximum Gasteiger partial charge on any atom is 0.416 e. The SMILES string of the molecule is C.COc1cc(-c2csc(Nc3cccc(C(F)(F)F)c3)n2)ccn1.COc1cc(C(=O)CBr)ccn1.NC(=S)Nc1cccc(C(F)(F)F)c1.